The Morgan fingerprint density at radius 3 is 1.32 bits per heavy atom. The Hall–Kier alpha value is -1.08. The first-order chi connectivity index (χ1) is 16.1. The predicted molar refractivity (Wildman–Crippen MR) is 138 cm³/mol. The average Bonchev–Trinajstić information content (AvgIpc) is 2.75. The lowest BCUT2D eigenvalue weighted by molar-refractivity contribution is -0.396. The van der Waals surface area contributed by atoms with Gasteiger partial charge in [-0.1, -0.05) is 92.1 Å². The first-order valence-electron chi connectivity index (χ1n) is 12.0. The second kappa shape index (κ2) is 9.53. The van der Waals surface area contributed by atoms with Gasteiger partial charge in [-0.2, -0.15) is 0 Å². The number of ether oxygens (including phenoxy) is 1. The number of rotatable bonds is 7. The highest BCUT2D eigenvalue weighted by Gasteiger charge is 2.87. The third kappa shape index (κ3) is 4.68. The van der Waals surface area contributed by atoms with E-state index < -0.39 is 80.1 Å². The van der Waals surface area contributed by atoms with Crippen LogP contribution in [-0.2, 0) is 23.9 Å². The lowest BCUT2D eigenvalue weighted by atomic mass is 9.50. The van der Waals surface area contributed by atoms with Crippen LogP contribution in [0.3, 0.4) is 0 Å². The van der Waals surface area contributed by atoms with E-state index in [4.69, 9.17) is 4.74 Å². The standard InChI is InChI=1S/C26H43BrO10/c1-19(2,3)15(29)23(33)14(12-28)37-26(36,18(32)22(10,11)13-27)25(35,17(31)21(7,8)9)24(23,34)16(30)20(4,5)6/h14,28,33-36H,12-13H2,1-11H3/t14-,23-,24+,25+,26?/m1/s1. The van der Waals surface area contributed by atoms with Crippen LogP contribution in [0.1, 0.15) is 76.2 Å². The molecule has 0 aromatic heterocycles. The number of carbonyl (C=O) groups excluding carboxylic acids is 4. The summed E-state index contributed by atoms with van der Waals surface area (Å²) in [5, 5.41) is 58.8. The van der Waals surface area contributed by atoms with Crippen molar-refractivity contribution in [3.05, 3.63) is 0 Å². The van der Waals surface area contributed by atoms with E-state index in [0.717, 1.165) is 0 Å². The minimum atomic E-state index is -3.90. The lowest BCUT2D eigenvalue weighted by Gasteiger charge is -2.63. The molecule has 11 heteroatoms. The molecule has 1 saturated heterocycles. The second-order valence-corrected chi connectivity index (χ2v) is 14.3. The predicted octanol–water partition coefficient (Wildman–Crippen LogP) is 1.10. The Morgan fingerprint density at radius 1 is 0.676 bits per heavy atom. The summed E-state index contributed by atoms with van der Waals surface area (Å²) in [6.45, 7) is 13.2. The van der Waals surface area contributed by atoms with E-state index in [9.17, 15) is 44.7 Å². The van der Waals surface area contributed by atoms with E-state index in [0.29, 0.717) is 0 Å². The number of aliphatic hydroxyl groups excluding tert-OH is 1. The van der Waals surface area contributed by atoms with Crippen LogP contribution in [0.25, 0.3) is 0 Å². The first kappa shape index (κ1) is 33.9. The Balaban J connectivity index is 4.59. The smallest absolute Gasteiger partial charge is 0.268 e. The van der Waals surface area contributed by atoms with Gasteiger partial charge in [0.05, 0.1) is 6.61 Å². The summed E-state index contributed by atoms with van der Waals surface area (Å²) in [6.07, 6.45) is -2.30. The van der Waals surface area contributed by atoms with Crippen LogP contribution in [0.4, 0.5) is 0 Å². The molecule has 10 nitrogen and oxygen atoms in total. The fourth-order valence-electron chi connectivity index (χ4n) is 4.66. The Kier molecular flexibility index (Phi) is 8.75. The summed E-state index contributed by atoms with van der Waals surface area (Å²) in [4.78, 5) is 55.7. The molecule has 0 amide bonds. The number of Topliss-reactive ketones (excluding diaryl/α,β-unsaturated/α-hetero) is 4. The SMILES string of the molecule is CC(C)(C)C(=O)[C@@]1(O)[C@@](O)(C(=O)C(C)(C)C)C(O)(C(=O)C(C)(C)CBr)O[C@H](CO)[C@@]1(O)C(=O)C(C)(C)C. The van der Waals surface area contributed by atoms with Crippen molar-refractivity contribution < 1.29 is 49.4 Å². The first-order valence-corrected chi connectivity index (χ1v) is 13.2. The molecule has 1 rings (SSSR count). The Bertz CT molecular complexity index is 969. The van der Waals surface area contributed by atoms with Crippen molar-refractivity contribution in [2.75, 3.05) is 11.9 Å². The average molecular weight is 596 g/mol. The molecule has 0 bridgehead atoms. The van der Waals surface area contributed by atoms with Crippen LogP contribution in [-0.4, -0.2) is 89.3 Å². The van der Waals surface area contributed by atoms with Gasteiger partial charge in [-0.3, -0.25) is 19.2 Å². The van der Waals surface area contributed by atoms with Crippen LogP contribution < -0.4 is 0 Å². The van der Waals surface area contributed by atoms with Crippen LogP contribution in [0.2, 0.25) is 0 Å². The number of hydrogen-bond donors (Lipinski definition) is 5. The summed E-state index contributed by atoms with van der Waals surface area (Å²) < 4.78 is 5.48. The van der Waals surface area contributed by atoms with E-state index in [1.807, 2.05) is 0 Å². The third-order valence-electron chi connectivity index (χ3n) is 6.81. The topological polar surface area (TPSA) is 179 Å². The van der Waals surface area contributed by atoms with Crippen LogP contribution in [0, 0.1) is 21.7 Å². The van der Waals surface area contributed by atoms with Gasteiger partial charge in [-0.25, -0.2) is 0 Å². The quantitative estimate of drug-likeness (QED) is 0.268. The highest BCUT2D eigenvalue weighted by molar-refractivity contribution is 9.09. The molecule has 1 fully saturated rings. The lowest BCUT2D eigenvalue weighted by Crippen LogP contribution is -2.93. The van der Waals surface area contributed by atoms with Crippen molar-refractivity contribution in [1.82, 2.24) is 0 Å². The van der Waals surface area contributed by atoms with Crippen LogP contribution in [0.5, 0.6) is 0 Å². The molecule has 0 radical (unpaired) electrons. The van der Waals surface area contributed by atoms with Gasteiger partial charge in [0.1, 0.15) is 6.10 Å². The maximum atomic E-state index is 14.1. The molecule has 1 aliphatic rings. The molecule has 1 heterocycles. The maximum Gasteiger partial charge on any atom is 0.268 e. The zero-order valence-corrected chi connectivity index (χ0v) is 25.2. The molecular weight excluding hydrogens is 552 g/mol. The monoisotopic (exact) mass is 594 g/mol. The molecule has 5 N–H and O–H groups in total. The van der Waals surface area contributed by atoms with Gasteiger partial charge < -0.3 is 30.3 Å². The number of aliphatic hydroxyl groups is 5. The van der Waals surface area contributed by atoms with Gasteiger partial charge in [-0.15, -0.1) is 0 Å². The number of ketones is 4. The minimum Gasteiger partial charge on any atom is -0.394 e. The zero-order chi connectivity index (χ0) is 30.0. The molecule has 37 heavy (non-hydrogen) atoms. The highest BCUT2D eigenvalue weighted by atomic mass is 79.9. The van der Waals surface area contributed by atoms with Crippen molar-refractivity contribution in [3.63, 3.8) is 0 Å². The van der Waals surface area contributed by atoms with Crippen molar-refractivity contribution >= 4 is 39.1 Å². The Labute approximate surface area is 226 Å². The molecule has 5 atom stereocenters. The summed E-state index contributed by atoms with van der Waals surface area (Å²) in [7, 11) is 0. The van der Waals surface area contributed by atoms with Crippen molar-refractivity contribution in [3.8, 4) is 0 Å². The van der Waals surface area contributed by atoms with Gasteiger partial charge in [-0.05, 0) is 0 Å². The summed E-state index contributed by atoms with van der Waals surface area (Å²) >= 11 is 3.13. The van der Waals surface area contributed by atoms with E-state index in [1.54, 1.807) is 0 Å². The number of hydrogen-bond acceptors (Lipinski definition) is 10. The fourth-order valence-corrected chi connectivity index (χ4v) is 4.91. The van der Waals surface area contributed by atoms with Gasteiger partial charge in [0.25, 0.3) is 5.79 Å². The van der Waals surface area contributed by atoms with E-state index in [2.05, 4.69) is 15.9 Å². The molecule has 0 saturated carbocycles. The second-order valence-electron chi connectivity index (χ2n) is 13.7. The van der Waals surface area contributed by atoms with Gasteiger partial charge in [0.15, 0.2) is 23.0 Å². The Morgan fingerprint density at radius 2 is 1.03 bits per heavy atom. The van der Waals surface area contributed by atoms with Gasteiger partial charge in [0.2, 0.25) is 17.0 Å². The van der Waals surface area contributed by atoms with Gasteiger partial charge >= 0.3 is 0 Å². The van der Waals surface area contributed by atoms with Gasteiger partial charge in [0, 0.05) is 27.0 Å². The van der Waals surface area contributed by atoms with Crippen LogP contribution in [0.15, 0.2) is 0 Å². The van der Waals surface area contributed by atoms with Crippen molar-refractivity contribution in [2.45, 2.75) is 105 Å². The molecule has 0 spiro atoms. The summed E-state index contributed by atoms with van der Waals surface area (Å²) in [5.41, 5.74) is -17.7. The van der Waals surface area contributed by atoms with E-state index in [1.165, 1.54) is 76.2 Å². The van der Waals surface area contributed by atoms with E-state index >= 15 is 0 Å². The third-order valence-corrected chi connectivity index (χ3v) is 8.22. The molecule has 0 aliphatic carbocycles. The number of alkyl halides is 1. The fraction of sp³-hybridized carbons (Fsp3) is 0.846. The van der Waals surface area contributed by atoms with E-state index in [-0.39, 0.29) is 5.33 Å². The number of carbonyl (C=O) groups is 4. The summed E-state index contributed by atoms with van der Waals surface area (Å²) in [6, 6.07) is 0. The minimum absolute atomic E-state index is 0.120. The maximum absolute atomic E-state index is 14.1. The van der Waals surface area contributed by atoms with Crippen LogP contribution >= 0.6 is 15.9 Å². The molecular formula is C26H43BrO10. The molecule has 0 aromatic rings. The molecule has 1 unspecified atom stereocenters. The molecule has 0 aromatic carbocycles. The summed E-state index contributed by atoms with van der Waals surface area (Å²) in [5.74, 6) is -9.15. The van der Waals surface area contributed by atoms with Crippen molar-refractivity contribution in [1.29, 1.82) is 0 Å². The molecule has 214 valence electrons. The zero-order valence-electron chi connectivity index (χ0n) is 23.6. The molecule has 1 aliphatic heterocycles. The normalized spacial score (nSPS) is 33.7. The largest absolute Gasteiger partial charge is 0.394 e. The highest BCUT2D eigenvalue weighted by Crippen LogP contribution is 2.56. The number of halogens is 1. The van der Waals surface area contributed by atoms with Crippen molar-refractivity contribution in [2.24, 2.45) is 21.7 Å².